The Kier molecular flexibility index (Phi) is 2.90. The number of amides is 1. The molecule has 0 aromatic heterocycles. The first-order valence-corrected chi connectivity index (χ1v) is 5.31. The Bertz CT molecular complexity index is 436. The van der Waals surface area contributed by atoms with E-state index in [1.165, 1.54) is 0 Å². The van der Waals surface area contributed by atoms with Crippen LogP contribution in [0.3, 0.4) is 0 Å². The van der Waals surface area contributed by atoms with Gasteiger partial charge in [0, 0.05) is 11.5 Å². The van der Waals surface area contributed by atoms with Crippen molar-refractivity contribution in [3.05, 3.63) is 29.8 Å². The smallest absolute Gasteiger partial charge is 0.243 e. The van der Waals surface area contributed by atoms with Crippen LogP contribution in [0.4, 0.5) is 0 Å². The summed E-state index contributed by atoms with van der Waals surface area (Å²) in [6.07, 6.45) is 1.91. The number of phenols is 1. The normalized spacial score (nSPS) is 15.9. The lowest BCUT2D eigenvalue weighted by Crippen LogP contribution is -2.20. The molecule has 2 N–H and O–H groups in total. The van der Waals surface area contributed by atoms with E-state index in [2.05, 4.69) is 10.5 Å². The van der Waals surface area contributed by atoms with E-state index >= 15 is 0 Å². The Labute approximate surface area is 94.0 Å². The largest absolute Gasteiger partial charge is 0.507 e. The molecule has 0 spiro atoms. The number of nitrogens with zero attached hydrogens (tertiary/aromatic N) is 1. The third kappa shape index (κ3) is 2.39. The molecule has 0 saturated heterocycles. The summed E-state index contributed by atoms with van der Waals surface area (Å²) >= 11 is 0. The molecule has 1 aromatic rings. The van der Waals surface area contributed by atoms with Gasteiger partial charge in [0.1, 0.15) is 5.75 Å². The highest BCUT2D eigenvalue weighted by atomic mass is 16.3. The highest BCUT2D eigenvalue weighted by molar-refractivity contribution is 6.01. The van der Waals surface area contributed by atoms with Crippen LogP contribution in [0.2, 0.25) is 0 Å². The summed E-state index contributed by atoms with van der Waals surface area (Å²) in [5, 5.41) is 13.5. The van der Waals surface area contributed by atoms with Gasteiger partial charge in [-0.1, -0.05) is 12.1 Å². The zero-order valence-corrected chi connectivity index (χ0v) is 9.10. The van der Waals surface area contributed by atoms with Gasteiger partial charge in [0.25, 0.3) is 0 Å². The SMILES string of the molecule is C/C(=N/NC(=O)C1CC1)c1ccccc1O. The van der Waals surface area contributed by atoms with Crippen molar-refractivity contribution in [1.82, 2.24) is 5.43 Å². The van der Waals surface area contributed by atoms with Gasteiger partial charge in [-0.15, -0.1) is 0 Å². The van der Waals surface area contributed by atoms with Gasteiger partial charge in [-0.3, -0.25) is 4.79 Å². The molecule has 16 heavy (non-hydrogen) atoms. The zero-order valence-electron chi connectivity index (χ0n) is 9.10. The molecule has 4 nitrogen and oxygen atoms in total. The fraction of sp³-hybridized carbons (Fsp3) is 0.333. The molecule has 84 valence electrons. The van der Waals surface area contributed by atoms with Gasteiger partial charge in [-0.05, 0) is 31.9 Å². The summed E-state index contributed by atoms with van der Waals surface area (Å²) in [5.74, 6) is 0.278. The van der Waals surface area contributed by atoms with Crippen molar-refractivity contribution < 1.29 is 9.90 Å². The van der Waals surface area contributed by atoms with E-state index in [9.17, 15) is 9.90 Å². The molecule has 1 amide bonds. The number of phenolic OH excluding ortho intramolecular Hbond substituents is 1. The predicted molar refractivity (Wildman–Crippen MR) is 61.2 cm³/mol. The molecule has 4 heteroatoms. The van der Waals surface area contributed by atoms with Crippen LogP contribution < -0.4 is 5.43 Å². The van der Waals surface area contributed by atoms with Crippen molar-refractivity contribution >= 4 is 11.6 Å². The quantitative estimate of drug-likeness (QED) is 0.598. The molecule has 1 saturated carbocycles. The molecule has 2 rings (SSSR count). The van der Waals surface area contributed by atoms with Crippen LogP contribution in [0.5, 0.6) is 5.75 Å². The number of benzene rings is 1. The molecule has 1 aliphatic rings. The lowest BCUT2D eigenvalue weighted by atomic mass is 10.1. The molecule has 0 aliphatic heterocycles. The Morgan fingerprint density at radius 1 is 1.44 bits per heavy atom. The molecule has 1 fully saturated rings. The van der Waals surface area contributed by atoms with Gasteiger partial charge >= 0.3 is 0 Å². The molecule has 1 aliphatic carbocycles. The van der Waals surface area contributed by atoms with Crippen LogP contribution in [0.25, 0.3) is 0 Å². The van der Waals surface area contributed by atoms with Gasteiger partial charge in [0.2, 0.25) is 5.91 Å². The summed E-state index contributed by atoms with van der Waals surface area (Å²) in [6.45, 7) is 1.75. The van der Waals surface area contributed by atoms with Gasteiger partial charge in [0.15, 0.2) is 0 Å². The highest BCUT2D eigenvalue weighted by Gasteiger charge is 2.29. The Morgan fingerprint density at radius 2 is 2.12 bits per heavy atom. The third-order valence-corrected chi connectivity index (χ3v) is 2.58. The Hall–Kier alpha value is -1.84. The van der Waals surface area contributed by atoms with E-state index in [0.29, 0.717) is 11.3 Å². The van der Waals surface area contributed by atoms with Gasteiger partial charge < -0.3 is 5.11 Å². The fourth-order valence-corrected chi connectivity index (χ4v) is 1.42. The monoisotopic (exact) mass is 218 g/mol. The summed E-state index contributed by atoms with van der Waals surface area (Å²) in [7, 11) is 0. The standard InChI is InChI=1S/C12H14N2O2/c1-8(10-4-2-3-5-11(10)15)13-14-12(16)9-6-7-9/h2-5,9,15H,6-7H2,1H3,(H,14,16)/b13-8-. The van der Waals surface area contributed by atoms with Gasteiger partial charge in [-0.25, -0.2) is 5.43 Å². The highest BCUT2D eigenvalue weighted by Crippen LogP contribution is 2.28. The number of para-hydroxylation sites is 1. The first-order valence-electron chi connectivity index (χ1n) is 5.31. The van der Waals surface area contributed by atoms with Crippen LogP contribution in [0.1, 0.15) is 25.3 Å². The van der Waals surface area contributed by atoms with E-state index in [1.54, 1.807) is 25.1 Å². The van der Waals surface area contributed by atoms with E-state index in [0.717, 1.165) is 12.8 Å². The number of aromatic hydroxyl groups is 1. The second-order valence-electron chi connectivity index (χ2n) is 3.96. The number of hydrogen-bond acceptors (Lipinski definition) is 3. The minimum atomic E-state index is -0.0326. The average molecular weight is 218 g/mol. The molecular formula is C12H14N2O2. The molecule has 0 unspecified atom stereocenters. The number of nitrogens with one attached hydrogen (secondary N) is 1. The van der Waals surface area contributed by atoms with Crippen LogP contribution in [0.15, 0.2) is 29.4 Å². The molecule has 0 bridgehead atoms. The fourth-order valence-electron chi connectivity index (χ4n) is 1.42. The molecule has 0 atom stereocenters. The minimum absolute atomic E-state index is 0.0326. The van der Waals surface area contributed by atoms with E-state index < -0.39 is 0 Å². The number of carbonyl (C=O) groups is 1. The predicted octanol–water partition coefficient (Wildman–Crippen LogP) is 1.64. The number of hydrazone groups is 1. The second-order valence-corrected chi connectivity index (χ2v) is 3.96. The maximum Gasteiger partial charge on any atom is 0.243 e. The molecular weight excluding hydrogens is 204 g/mol. The number of hydrogen-bond donors (Lipinski definition) is 2. The van der Waals surface area contributed by atoms with Crippen LogP contribution in [-0.2, 0) is 4.79 Å². The van der Waals surface area contributed by atoms with Crippen molar-refractivity contribution in [3.8, 4) is 5.75 Å². The minimum Gasteiger partial charge on any atom is -0.507 e. The summed E-state index contributed by atoms with van der Waals surface area (Å²) in [4.78, 5) is 11.3. The summed E-state index contributed by atoms with van der Waals surface area (Å²) < 4.78 is 0. The average Bonchev–Trinajstić information content (AvgIpc) is 3.10. The second kappa shape index (κ2) is 4.35. The van der Waals surface area contributed by atoms with E-state index in [-0.39, 0.29) is 17.6 Å². The van der Waals surface area contributed by atoms with Crippen molar-refractivity contribution in [2.24, 2.45) is 11.0 Å². The number of carbonyl (C=O) groups excluding carboxylic acids is 1. The third-order valence-electron chi connectivity index (χ3n) is 2.58. The maximum absolute atomic E-state index is 11.3. The molecule has 1 aromatic carbocycles. The van der Waals surface area contributed by atoms with Crippen molar-refractivity contribution in [1.29, 1.82) is 0 Å². The van der Waals surface area contributed by atoms with Crippen LogP contribution >= 0.6 is 0 Å². The Balaban J connectivity index is 2.06. The first kappa shape index (κ1) is 10.7. The summed E-state index contributed by atoms with van der Waals surface area (Å²) in [5.41, 5.74) is 3.75. The van der Waals surface area contributed by atoms with E-state index in [1.807, 2.05) is 6.07 Å². The van der Waals surface area contributed by atoms with Crippen LogP contribution in [0, 0.1) is 5.92 Å². The molecule has 0 heterocycles. The summed E-state index contributed by atoms with van der Waals surface area (Å²) in [6, 6.07) is 6.92. The lowest BCUT2D eigenvalue weighted by Gasteiger charge is -2.03. The van der Waals surface area contributed by atoms with Crippen LogP contribution in [-0.4, -0.2) is 16.7 Å². The molecule has 0 radical (unpaired) electrons. The van der Waals surface area contributed by atoms with Crippen molar-refractivity contribution in [3.63, 3.8) is 0 Å². The van der Waals surface area contributed by atoms with E-state index in [4.69, 9.17) is 0 Å². The number of rotatable bonds is 3. The van der Waals surface area contributed by atoms with Gasteiger partial charge in [0.05, 0.1) is 5.71 Å². The first-order chi connectivity index (χ1) is 7.68. The lowest BCUT2D eigenvalue weighted by molar-refractivity contribution is -0.122. The topological polar surface area (TPSA) is 61.7 Å². The maximum atomic E-state index is 11.3. The van der Waals surface area contributed by atoms with Gasteiger partial charge in [-0.2, -0.15) is 5.10 Å². The Morgan fingerprint density at radius 3 is 2.75 bits per heavy atom. The van der Waals surface area contributed by atoms with Crippen molar-refractivity contribution in [2.45, 2.75) is 19.8 Å². The van der Waals surface area contributed by atoms with Crippen molar-refractivity contribution in [2.75, 3.05) is 0 Å². The zero-order chi connectivity index (χ0) is 11.5.